The van der Waals surface area contributed by atoms with Crippen molar-refractivity contribution in [2.24, 2.45) is 0 Å². The summed E-state index contributed by atoms with van der Waals surface area (Å²) in [6.45, 7) is 7.49. The Morgan fingerprint density at radius 1 is 0.679 bits per heavy atom. The van der Waals surface area contributed by atoms with Crippen LogP contribution in [0.4, 0.5) is 0 Å². The summed E-state index contributed by atoms with van der Waals surface area (Å²) in [5.74, 6) is 1.34. The quantitative estimate of drug-likeness (QED) is 0.539. The minimum absolute atomic E-state index is 0.199. The van der Waals surface area contributed by atoms with Crippen molar-refractivity contribution in [2.45, 2.75) is 45.3 Å². The number of nitrogens with two attached hydrogens (primary N) is 1. The molecule has 0 radical (unpaired) electrons. The fourth-order valence-electron chi connectivity index (χ4n) is 3.67. The highest BCUT2D eigenvalue weighted by molar-refractivity contribution is 5.36. The fourth-order valence-corrected chi connectivity index (χ4v) is 3.67. The molecule has 0 spiro atoms. The molecular formula is C26H32NO+. The number of ether oxygens (including phenoxy) is 1. The zero-order valence-electron chi connectivity index (χ0n) is 17.2. The molecule has 0 aromatic heterocycles. The van der Waals surface area contributed by atoms with Gasteiger partial charge in [-0.15, -0.1) is 0 Å². The number of hydrogen-bond donors (Lipinski definition) is 1. The zero-order chi connectivity index (χ0) is 19.8. The lowest BCUT2D eigenvalue weighted by Gasteiger charge is -2.19. The molecule has 3 aromatic rings. The lowest BCUT2D eigenvalue weighted by atomic mass is 9.88. The maximum atomic E-state index is 5.81. The van der Waals surface area contributed by atoms with Crippen LogP contribution in [0.25, 0.3) is 0 Å². The van der Waals surface area contributed by atoms with Crippen LogP contribution >= 0.6 is 0 Å². The van der Waals surface area contributed by atoms with Gasteiger partial charge in [0.15, 0.2) is 0 Å². The summed E-state index contributed by atoms with van der Waals surface area (Å²) in [7, 11) is 0. The van der Waals surface area contributed by atoms with Gasteiger partial charge in [0.05, 0.1) is 12.6 Å². The van der Waals surface area contributed by atoms with Crippen molar-refractivity contribution in [2.75, 3.05) is 6.54 Å². The SMILES string of the molecule is CC(C)Oc1ccc([C@H](CC[NH2+][C@@H](C)c2ccccc2)c2ccccc2)cc1. The monoisotopic (exact) mass is 374 g/mol. The second-order valence-electron chi connectivity index (χ2n) is 7.71. The number of quaternary nitrogens is 1. The van der Waals surface area contributed by atoms with Gasteiger partial charge in [0, 0.05) is 17.9 Å². The van der Waals surface area contributed by atoms with Crippen LogP contribution < -0.4 is 10.1 Å². The molecule has 2 nitrogen and oxygen atoms in total. The van der Waals surface area contributed by atoms with Gasteiger partial charge in [0.2, 0.25) is 0 Å². The molecular weight excluding hydrogens is 342 g/mol. The highest BCUT2D eigenvalue weighted by atomic mass is 16.5. The van der Waals surface area contributed by atoms with Crippen LogP contribution in [0.15, 0.2) is 84.9 Å². The van der Waals surface area contributed by atoms with Gasteiger partial charge < -0.3 is 10.1 Å². The highest BCUT2D eigenvalue weighted by Crippen LogP contribution is 2.29. The van der Waals surface area contributed by atoms with E-state index in [0.717, 1.165) is 18.7 Å². The molecule has 0 saturated carbocycles. The normalized spacial score (nSPS) is 13.3. The van der Waals surface area contributed by atoms with Gasteiger partial charge in [0.25, 0.3) is 0 Å². The first-order chi connectivity index (χ1) is 13.6. The Morgan fingerprint density at radius 3 is 1.79 bits per heavy atom. The second kappa shape index (κ2) is 10.1. The molecule has 28 heavy (non-hydrogen) atoms. The van der Waals surface area contributed by atoms with Gasteiger partial charge in [-0.1, -0.05) is 72.8 Å². The van der Waals surface area contributed by atoms with E-state index in [1.807, 2.05) is 0 Å². The average Bonchev–Trinajstić information content (AvgIpc) is 2.73. The number of hydrogen-bond acceptors (Lipinski definition) is 1. The summed E-state index contributed by atoms with van der Waals surface area (Å²) in [6.07, 6.45) is 1.30. The Hall–Kier alpha value is -2.58. The Morgan fingerprint density at radius 2 is 1.21 bits per heavy atom. The van der Waals surface area contributed by atoms with Crippen LogP contribution in [0.1, 0.15) is 55.8 Å². The van der Waals surface area contributed by atoms with Crippen molar-refractivity contribution >= 4 is 0 Å². The second-order valence-corrected chi connectivity index (χ2v) is 7.71. The third-order valence-corrected chi connectivity index (χ3v) is 5.16. The van der Waals surface area contributed by atoms with E-state index in [9.17, 15) is 0 Å². The smallest absolute Gasteiger partial charge is 0.119 e. The van der Waals surface area contributed by atoms with Crippen LogP contribution in [-0.4, -0.2) is 12.6 Å². The molecule has 0 fully saturated rings. The van der Waals surface area contributed by atoms with E-state index in [0.29, 0.717) is 12.0 Å². The summed E-state index contributed by atoms with van der Waals surface area (Å²) < 4.78 is 5.81. The maximum absolute atomic E-state index is 5.81. The van der Waals surface area contributed by atoms with Crippen molar-refractivity contribution in [1.29, 1.82) is 0 Å². The Bertz CT molecular complexity index is 812. The van der Waals surface area contributed by atoms with E-state index in [2.05, 4.69) is 111 Å². The van der Waals surface area contributed by atoms with Gasteiger partial charge in [-0.25, -0.2) is 0 Å². The van der Waals surface area contributed by atoms with E-state index in [1.54, 1.807) is 0 Å². The standard InChI is InChI=1S/C26H31NO/c1-20(2)28-25-16-14-24(15-17-25)26(23-12-8-5-9-13-23)18-19-27-21(3)22-10-6-4-7-11-22/h4-17,20-21,26-27H,18-19H2,1-3H3/p+1/t21-,26+/m0/s1. The van der Waals surface area contributed by atoms with Gasteiger partial charge in [-0.2, -0.15) is 0 Å². The predicted molar refractivity (Wildman–Crippen MR) is 117 cm³/mol. The first-order valence-corrected chi connectivity index (χ1v) is 10.3. The minimum Gasteiger partial charge on any atom is -0.491 e. The molecule has 0 aliphatic carbocycles. The molecule has 0 aliphatic rings. The summed E-state index contributed by atoms with van der Waals surface area (Å²) >= 11 is 0. The van der Waals surface area contributed by atoms with Crippen LogP contribution in [0, 0.1) is 0 Å². The molecule has 0 heterocycles. The molecule has 0 aliphatic heterocycles. The lowest BCUT2D eigenvalue weighted by molar-refractivity contribution is -0.693. The molecule has 0 amide bonds. The summed E-state index contributed by atoms with van der Waals surface area (Å²) in [5, 5.41) is 2.45. The minimum atomic E-state index is 0.199. The van der Waals surface area contributed by atoms with Gasteiger partial charge in [-0.05, 0) is 44.0 Å². The van der Waals surface area contributed by atoms with E-state index in [4.69, 9.17) is 4.74 Å². The van der Waals surface area contributed by atoms with Crippen molar-refractivity contribution in [3.63, 3.8) is 0 Å². The van der Waals surface area contributed by atoms with Crippen molar-refractivity contribution < 1.29 is 10.1 Å². The van der Waals surface area contributed by atoms with Crippen LogP contribution in [0.3, 0.4) is 0 Å². The number of benzene rings is 3. The van der Waals surface area contributed by atoms with Crippen molar-refractivity contribution in [3.8, 4) is 5.75 Å². The highest BCUT2D eigenvalue weighted by Gasteiger charge is 2.16. The molecule has 2 N–H and O–H groups in total. The third-order valence-electron chi connectivity index (χ3n) is 5.16. The Labute approximate surface area is 169 Å². The fraction of sp³-hybridized carbons (Fsp3) is 0.308. The molecule has 0 unspecified atom stereocenters. The average molecular weight is 375 g/mol. The van der Waals surface area contributed by atoms with Crippen molar-refractivity contribution in [3.05, 3.63) is 102 Å². The first kappa shape index (κ1) is 20.2. The van der Waals surface area contributed by atoms with Crippen LogP contribution in [0.2, 0.25) is 0 Å². The van der Waals surface area contributed by atoms with E-state index < -0.39 is 0 Å². The largest absolute Gasteiger partial charge is 0.491 e. The lowest BCUT2D eigenvalue weighted by Crippen LogP contribution is -2.84. The van der Waals surface area contributed by atoms with Crippen molar-refractivity contribution in [1.82, 2.24) is 0 Å². The predicted octanol–water partition coefficient (Wildman–Crippen LogP) is 5.32. The molecule has 2 atom stereocenters. The maximum Gasteiger partial charge on any atom is 0.119 e. The molecule has 0 bridgehead atoms. The third kappa shape index (κ3) is 5.71. The molecule has 2 heteroatoms. The summed E-state index contributed by atoms with van der Waals surface area (Å²) in [6, 6.07) is 30.7. The molecule has 3 aromatic carbocycles. The van der Waals surface area contributed by atoms with E-state index >= 15 is 0 Å². The first-order valence-electron chi connectivity index (χ1n) is 10.3. The molecule has 0 saturated heterocycles. The number of rotatable bonds is 9. The Kier molecular flexibility index (Phi) is 7.27. The van der Waals surface area contributed by atoms with E-state index in [-0.39, 0.29) is 6.10 Å². The van der Waals surface area contributed by atoms with Gasteiger partial charge in [0.1, 0.15) is 11.8 Å². The summed E-state index contributed by atoms with van der Waals surface area (Å²) in [5.41, 5.74) is 4.11. The zero-order valence-corrected chi connectivity index (χ0v) is 17.2. The summed E-state index contributed by atoms with van der Waals surface area (Å²) in [4.78, 5) is 0. The van der Waals surface area contributed by atoms with E-state index in [1.165, 1.54) is 16.7 Å². The Balaban J connectivity index is 1.69. The van der Waals surface area contributed by atoms with Crippen LogP contribution in [0.5, 0.6) is 5.75 Å². The molecule has 146 valence electrons. The van der Waals surface area contributed by atoms with Gasteiger partial charge >= 0.3 is 0 Å². The van der Waals surface area contributed by atoms with Crippen LogP contribution in [-0.2, 0) is 0 Å². The molecule has 3 rings (SSSR count). The topological polar surface area (TPSA) is 25.8 Å². The van der Waals surface area contributed by atoms with Gasteiger partial charge in [-0.3, -0.25) is 0 Å².